The lowest BCUT2D eigenvalue weighted by Crippen LogP contribution is -2.40. The zero-order valence-electron chi connectivity index (χ0n) is 31.3. The Bertz CT molecular complexity index is 813. The van der Waals surface area contributed by atoms with E-state index < -0.39 is 12.0 Å². The minimum absolute atomic E-state index is 0.0676. The van der Waals surface area contributed by atoms with Crippen LogP contribution in [0.2, 0.25) is 0 Å². The zero-order chi connectivity index (χ0) is 35.3. The van der Waals surface area contributed by atoms with E-state index >= 15 is 0 Å². The van der Waals surface area contributed by atoms with Crippen LogP contribution >= 0.6 is 0 Å². The molecule has 0 radical (unpaired) electrons. The minimum Gasteiger partial charge on any atom is -0.480 e. The number of carboxylic acids is 1. The Morgan fingerprint density at radius 2 is 1.08 bits per heavy atom. The normalized spacial score (nSPS) is 12.9. The van der Waals surface area contributed by atoms with E-state index in [4.69, 9.17) is 10.5 Å². The molecule has 7 nitrogen and oxygen atoms in total. The molecule has 0 saturated heterocycles. The van der Waals surface area contributed by atoms with Gasteiger partial charge in [0.2, 0.25) is 5.91 Å². The predicted octanol–water partition coefficient (Wildman–Crippen LogP) is 10.9. The van der Waals surface area contributed by atoms with Crippen molar-refractivity contribution in [1.82, 2.24) is 5.32 Å². The van der Waals surface area contributed by atoms with Gasteiger partial charge in [-0.1, -0.05) is 128 Å². The number of hydrogen-bond acceptors (Lipinski definition) is 5. The van der Waals surface area contributed by atoms with E-state index in [0.29, 0.717) is 32.2 Å². The highest BCUT2D eigenvalue weighted by atomic mass is 16.5. The molecule has 0 fully saturated rings. The molecule has 0 rings (SSSR count). The Hall–Kier alpha value is -2.15. The summed E-state index contributed by atoms with van der Waals surface area (Å²) in [5, 5.41) is 11.9. The molecule has 0 spiro atoms. The predicted molar refractivity (Wildman–Crippen MR) is 202 cm³/mol. The first kappa shape index (κ1) is 45.9. The van der Waals surface area contributed by atoms with E-state index in [2.05, 4.69) is 43.5 Å². The van der Waals surface area contributed by atoms with E-state index in [1.54, 1.807) is 0 Å². The number of carboxylic acid groups (broad SMARTS) is 1. The summed E-state index contributed by atoms with van der Waals surface area (Å²) in [5.74, 6) is -1.27. The van der Waals surface area contributed by atoms with E-state index in [9.17, 15) is 19.5 Å². The summed E-state index contributed by atoms with van der Waals surface area (Å²) in [6, 6.07) is -0.852. The van der Waals surface area contributed by atoms with Crippen molar-refractivity contribution < 1.29 is 24.2 Å². The number of carbonyl (C=O) groups is 3. The van der Waals surface area contributed by atoms with Gasteiger partial charge in [-0.2, -0.15) is 0 Å². The largest absolute Gasteiger partial charge is 0.480 e. The topological polar surface area (TPSA) is 119 Å². The van der Waals surface area contributed by atoms with Gasteiger partial charge in [0.25, 0.3) is 0 Å². The number of esters is 1. The summed E-state index contributed by atoms with van der Waals surface area (Å²) in [7, 11) is 0. The van der Waals surface area contributed by atoms with E-state index in [1.807, 2.05) is 0 Å². The fourth-order valence-corrected chi connectivity index (χ4v) is 5.88. The molecule has 0 heterocycles. The van der Waals surface area contributed by atoms with Gasteiger partial charge in [0.05, 0.1) is 0 Å². The highest BCUT2D eigenvalue weighted by Gasteiger charge is 2.18. The molecule has 1 amide bonds. The first-order valence-corrected chi connectivity index (χ1v) is 20.2. The lowest BCUT2D eigenvalue weighted by Gasteiger charge is -2.15. The monoisotopic (exact) mass is 677 g/mol. The van der Waals surface area contributed by atoms with Gasteiger partial charge >= 0.3 is 11.9 Å². The van der Waals surface area contributed by atoms with Gasteiger partial charge in [-0.05, 0) is 89.7 Å². The summed E-state index contributed by atoms with van der Waals surface area (Å²) in [4.78, 5) is 36.1. The van der Waals surface area contributed by atoms with Crippen LogP contribution in [0.3, 0.4) is 0 Å². The van der Waals surface area contributed by atoms with Gasteiger partial charge in [0.1, 0.15) is 12.1 Å². The summed E-state index contributed by atoms with van der Waals surface area (Å²) >= 11 is 0. The third-order valence-corrected chi connectivity index (χ3v) is 8.97. The Morgan fingerprint density at radius 1 is 0.604 bits per heavy atom. The minimum atomic E-state index is -1.00. The van der Waals surface area contributed by atoms with Crippen LogP contribution in [0.4, 0.5) is 0 Å². The van der Waals surface area contributed by atoms with Crippen LogP contribution in [0.5, 0.6) is 0 Å². The fourth-order valence-electron chi connectivity index (χ4n) is 5.88. The van der Waals surface area contributed by atoms with Crippen molar-refractivity contribution in [2.75, 3.05) is 6.54 Å². The number of nitrogens with two attached hydrogens (primary N) is 1. The van der Waals surface area contributed by atoms with Crippen molar-refractivity contribution in [3.05, 3.63) is 24.3 Å². The maximum atomic E-state index is 12.7. The Labute approximate surface area is 295 Å². The van der Waals surface area contributed by atoms with Crippen LogP contribution in [0.15, 0.2) is 24.3 Å². The number of carbonyl (C=O) groups excluding carboxylic acids is 2. The number of amides is 1. The molecular weight excluding hydrogens is 600 g/mol. The molecule has 0 bridgehead atoms. The number of aliphatic carboxylic acids is 1. The van der Waals surface area contributed by atoms with Crippen LogP contribution in [-0.2, 0) is 19.1 Å². The molecule has 2 atom stereocenters. The molecule has 4 N–H and O–H groups in total. The van der Waals surface area contributed by atoms with Gasteiger partial charge in [0, 0.05) is 12.8 Å². The van der Waals surface area contributed by atoms with Crippen molar-refractivity contribution in [2.24, 2.45) is 5.73 Å². The molecule has 0 aliphatic rings. The van der Waals surface area contributed by atoms with Gasteiger partial charge < -0.3 is 20.9 Å². The summed E-state index contributed by atoms with van der Waals surface area (Å²) in [6.45, 7) is 4.91. The standard InChI is InChI=1S/C41H76N2O5/c1-3-5-7-9-11-13-14-15-17-19-25-29-35-40(45)48-37(31-26-22-18-16-12-10-8-6-4-2)32-27-23-20-21-24-28-34-39(44)43-38(41(46)47)33-30-36-42/h11,13,26,31,37-38H,3-10,12,14-25,27-30,32-36,42H2,1-2H3,(H,43,44)(H,46,47)/b13-11-,31-26-. The Morgan fingerprint density at radius 3 is 1.67 bits per heavy atom. The SMILES string of the molecule is CCCCC/C=C\CCCCCCCC(=O)OC(/C=C\CCCCCCCCC)CCCCCCCCC(=O)NC(CCCN)C(=O)O. The summed E-state index contributed by atoms with van der Waals surface area (Å²) < 4.78 is 5.94. The average Bonchev–Trinajstić information content (AvgIpc) is 3.07. The number of hydrogen-bond donors (Lipinski definition) is 3. The maximum absolute atomic E-state index is 12.7. The molecule has 0 aliphatic carbocycles. The number of ether oxygens (including phenoxy) is 1. The number of rotatable bonds is 36. The summed E-state index contributed by atoms with van der Waals surface area (Å²) in [5.41, 5.74) is 5.47. The highest BCUT2D eigenvalue weighted by Crippen LogP contribution is 2.16. The van der Waals surface area contributed by atoms with Crippen molar-refractivity contribution in [3.63, 3.8) is 0 Å². The molecule has 0 aromatic heterocycles. The highest BCUT2D eigenvalue weighted by molar-refractivity contribution is 5.83. The van der Waals surface area contributed by atoms with Crippen LogP contribution in [0, 0.1) is 0 Å². The molecule has 280 valence electrons. The molecule has 0 aromatic rings. The van der Waals surface area contributed by atoms with Crippen molar-refractivity contribution in [1.29, 1.82) is 0 Å². The Kier molecular flexibility index (Phi) is 34.5. The van der Waals surface area contributed by atoms with Crippen LogP contribution < -0.4 is 11.1 Å². The molecular formula is C41H76N2O5. The third kappa shape index (κ3) is 32.4. The van der Waals surface area contributed by atoms with Crippen LogP contribution in [-0.4, -0.2) is 41.6 Å². The van der Waals surface area contributed by atoms with Gasteiger partial charge in [0.15, 0.2) is 0 Å². The maximum Gasteiger partial charge on any atom is 0.326 e. The van der Waals surface area contributed by atoms with Gasteiger partial charge in [-0.15, -0.1) is 0 Å². The molecule has 0 aliphatic heterocycles. The zero-order valence-corrected chi connectivity index (χ0v) is 31.3. The lowest BCUT2D eigenvalue weighted by molar-refractivity contribution is -0.147. The second-order valence-electron chi connectivity index (χ2n) is 13.7. The van der Waals surface area contributed by atoms with E-state index in [0.717, 1.165) is 64.2 Å². The van der Waals surface area contributed by atoms with E-state index in [-0.39, 0.29) is 18.0 Å². The van der Waals surface area contributed by atoms with Gasteiger partial charge in [-0.3, -0.25) is 9.59 Å². The molecule has 48 heavy (non-hydrogen) atoms. The lowest BCUT2D eigenvalue weighted by atomic mass is 10.0. The number of unbranched alkanes of at least 4 members (excludes halogenated alkanes) is 20. The fraction of sp³-hybridized carbons (Fsp3) is 0.829. The molecule has 7 heteroatoms. The molecule has 2 unspecified atom stereocenters. The number of nitrogens with one attached hydrogen (secondary N) is 1. The Balaban J connectivity index is 4.32. The average molecular weight is 677 g/mol. The third-order valence-electron chi connectivity index (χ3n) is 8.97. The number of allylic oxidation sites excluding steroid dienone is 3. The van der Waals surface area contributed by atoms with Crippen LogP contribution in [0.1, 0.15) is 200 Å². The van der Waals surface area contributed by atoms with Crippen molar-refractivity contribution in [2.45, 2.75) is 212 Å². The van der Waals surface area contributed by atoms with Crippen LogP contribution in [0.25, 0.3) is 0 Å². The summed E-state index contributed by atoms with van der Waals surface area (Å²) in [6.07, 6.45) is 39.5. The quantitative estimate of drug-likeness (QED) is 0.0345. The second kappa shape index (κ2) is 36.1. The second-order valence-corrected chi connectivity index (χ2v) is 13.7. The smallest absolute Gasteiger partial charge is 0.326 e. The first-order chi connectivity index (χ1) is 23.4. The molecule has 0 aromatic carbocycles. The van der Waals surface area contributed by atoms with E-state index in [1.165, 1.54) is 96.3 Å². The van der Waals surface area contributed by atoms with Crippen molar-refractivity contribution >= 4 is 17.8 Å². The first-order valence-electron chi connectivity index (χ1n) is 20.2. The van der Waals surface area contributed by atoms with Crippen molar-refractivity contribution in [3.8, 4) is 0 Å². The molecule has 0 saturated carbocycles. The van der Waals surface area contributed by atoms with Gasteiger partial charge in [-0.25, -0.2) is 4.79 Å².